The second kappa shape index (κ2) is 54.5. The third-order valence-corrected chi connectivity index (χ3v) is 11.9. The highest BCUT2D eigenvalue weighted by Gasteiger charge is 2.11. The molecule has 61 heavy (non-hydrogen) atoms. The van der Waals surface area contributed by atoms with Crippen LogP contribution >= 0.6 is 0 Å². The summed E-state index contributed by atoms with van der Waals surface area (Å²) in [4.78, 5) is 38.5. The Morgan fingerprint density at radius 3 is 0.869 bits per heavy atom. The summed E-state index contributed by atoms with van der Waals surface area (Å²) in [6.45, 7) is 17.9. The lowest BCUT2D eigenvalue weighted by Crippen LogP contribution is -2.35. The number of hydrogen-bond donors (Lipinski definition) is 4. The van der Waals surface area contributed by atoms with Gasteiger partial charge in [0, 0.05) is 58.5 Å². The van der Waals surface area contributed by atoms with Gasteiger partial charge in [-0.05, 0) is 45.2 Å². The number of nitrogens with one attached hydrogen (secondary N) is 4. The molecule has 0 spiro atoms. The molecule has 0 aliphatic rings. The van der Waals surface area contributed by atoms with E-state index < -0.39 is 0 Å². The summed E-state index contributed by atoms with van der Waals surface area (Å²) in [5, 5.41) is 12.5. The van der Waals surface area contributed by atoms with Crippen LogP contribution in [0.4, 0.5) is 0 Å². The summed E-state index contributed by atoms with van der Waals surface area (Å²) in [7, 11) is 0. The first-order valence-corrected chi connectivity index (χ1v) is 27.2. The number of unbranched alkanes of at least 4 members (excludes halogenated alkanes) is 29. The molecule has 364 valence electrons. The highest BCUT2D eigenvalue weighted by molar-refractivity contribution is 5.77. The van der Waals surface area contributed by atoms with Crippen LogP contribution in [0.15, 0.2) is 0 Å². The van der Waals surface area contributed by atoms with Crippen molar-refractivity contribution in [2.24, 2.45) is 0 Å². The van der Waals surface area contributed by atoms with Gasteiger partial charge in [-0.25, -0.2) is 0 Å². The van der Waals surface area contributed by atoms with Gasteiger partial charge < -0.3 is 26.2 Å². The minimum absolute atomic E-state index is 0.151. The third-order valence-electron chi connectivity index (χ3n) is 11.9. The summed E-state index contributed by atoms with van der Waals surface area (Å²) < 4.78 is 0. The first kappa shape index (κ1) is 61.4. The first-order valence-electron chi connectivity index (χ1n) is 27.2. The zero-order chi connectivity index (χ0) is 45.0. The molecule has 0 atom stereocenters. The molecule has 0 rings (SSSR count). The van der Waals surface area contributed by atoms with Crippen LogP contribution in [-0.4, -0.2) is 75.0 Å². The molecule has 0 radical (unpaired) electrons. The van der Waals surface area contributed by atoms with Crippen molar-refractivity contribution in [3.63, 3.8) is 0 Å². The Balaban J connectivity index is 0. The third kappa shape index (κ3) is 54.4. The Kier molecular flexibility index (Phi) is 54.8. The fourth-order valence-electron chi connectivity index (χ4n) is 7.65. The smallest absolute Gasteiger partial charge is 0.221 e. The molecular weight excluding hydrogens is 755 g/mol. The van der Waals surface area contributed by atoms with Gasteiger partial charge in [0.05, 0.1) is 0 Å². The van der Waals surface area contributed by atoms with Crippen molar-refractivity contribution < 1.29 is 14.4 Å². The van der Waals surface area contributed by atoms with Crippen molar-refractivity contribution >= 4 is 17.7 Å². The van der Waals surface area contributed by atoms with Crippen LogP contribution in [0, 0.1) is 0 Å². The maximum atomic E-state index is 12.3. The molecule has 3 amide bonds. The predicted octanol–water partition coefficient (Wildman–Crippen LogP) is 13.7. The van der Waals surface area contributed by atoms with Gasteiger partial charge in [-0.15, -0.1) is 0 Å². The van der Waals surface area contributed by atoms with E-state index in [0.29, 0.717) is 19.3 Å². The summed E-state index contributed by atoms with van der Waals surface area (Å²) in [5.41, 5.74) is 0. The highest BCUT2D eigenvalue weighted by Crippen LogP contribution is 2.12. The number of carbonyl (C=O) groups excluding carboxylic acids is 3. The standard InChI is InChI=1S/C34H69N3O2.C19H40N2O/c1-4-7-10-12-14-16-18-20-22-24-28-35-33(38)26-31-37(30-9-6-3)32-27-34(39)36-29-25-23-21-19-17-15-13-11-8-5-2;1-3-5-7-8-9-10-11-12-13-14-17-21-19(22)15-18-20-16-6-4-2/h4-32H2,1-3H3,(H,35,38)(H,36,39);20H,3-18H2,1-2H3,(H,21,22). The molecule has 0 aliphatic carbocycles. The Morgan fingerprint density at radius 1 is 0.279 bits per heavy atom. The number of rotatable bonds is 48. The largest absolute Gasteiger partial charge is 0.356 e. The van der Waals surface area contributed by atoms with Crippen LogP contribution in [0.25, 0.3) is 0 Å². The molecule has 0 aromatic heterocycles. The summed E-state index contributed by atoms with van der Waals surface area (Å²) in [5.74, 6) is 0.496. The molecule has 0 saturated heterocycles. The van der Waals surface area contributed by atoms with Gasteiger partial charge in [0.25, 0.3) is 0 Å². The van der Waals surface area contributed by atoms with E-state index >= 15 is 0 Å². The summed E-state index contributed by atoms with van der Waals surface area (Å²) in [6, 6.07) is 0. The molecule has 0 aliphatic heterocycles. The van der Waals surface area contributed by atoms with E-state index in [4.69, 9.17) is 0 Å². The molecule has 4 N–H and O–H groups in total. The zero-order valence-corrected chi connectivity index (χ0v) is 42.0. The molecule has 0 aromatic rings. The van der Waals surface area contributed by atoms with E-state index in [-0.39, 0.29) is 17.7 Å². The number of nitrogens with zero attached hydrogens (tertiary/aromatic N) is 1. The predicted molar refractivity (Wildman–Crippen MR) is 268 cm³/mol. The maximum absolute atomic E-state index is 12.3. The molecule has 0 unspecified atom stereocenters. The van der Waals surface area contributed by atoms with Crippen molar-refractivity contribution in [2.45, 2.75) is 272 Å². The minimum atomic E-state index is 0.151. The molecular formula is C53H109N5O3. The van der Waals surface area contributed by atoms with Gasteiger partial charge >= 0.3 is 0 Å². The SMILES string of the molecule is CCCCCCCCCCCCNC(=O)CCN(CCCC)CCC(=O)NCCCCCCCCCCCC.CCCCCCCCCCCCNC(=O)CCNCCCC. The van der Waals surface area contributed by atoms with Crippen LogP contribution in [0.1, 0.15) is 272 Å². The van der Waals surface area contributed by atoms with Crippen molar-refractivity contribution in [1.82, 2.24) is 26.2 Å². The summed E-state index contributed by atoms with van der Waals surface area (Å²) >= 11 is 0. The zero-order valence-electron chi connectivity index (χ0n) is 42.0. The number of hydrogen-bond acceptors (Lipinski definition) is 5. The lowest BCUT2D eigenvalue weighted by Gasteiger charge is -2.21. The van der Waals surface area contributed by atoms with E-state index in [1.807, 2.05) is 0 Å². The lowest BCUT2D eigenvalue weighted by molar-refractivity contribution is -0.122. The van der Waals surface area contributed by atoms with E-state index in [2.05, 4.69) is 60.8 Å². The Bertz CT molecular complexity index is 846. The van der Waals surface area contributed by atoms with E-state index in [1.165, 1.54) is 186 Å². The van der Waals surface area contributed by atoms with Crippen molar-refractivity contribution in [3.05, 3.63) is 0 Å². The second-order valence-corrected chi connectivity index (χ2v) is 18.1. The quantitative estimate of drug-likeness (QED) is 0.0456. The molecule has 0 heterocycles. The average Bonchev–Trinajstić information content (AvgIpc) is 3.26. The van der Waals surface area contributed by atoms with Crippen molar-refractivity contribution in [1.29, 1.82) is 0 Å². The van der Waals surface area contributed by atoms with Crippen molar-refractivity contribution in [2.75, 3.05) is 52.4 Å². The summed E-state index contributed by atoms with van der Waals surface area (Å²) in [6.07, 6.45) is 46.0. The Hall–Kier alpha value is -1.67. The molecule has 8 nitrogen and oxygen atoms in total. The van der Waals surface area contributed by atoms with Gasteiger partial charge in [-0.1, -0.05) is 221 Å². The Morgan fingerprint density at radius 2 is 0.557 bits per heavy atom. The second-order valence-electron chi connectivity index (χ2n) is 18.1. The molecule has 0 aromatic carbocycles. The topological polar surface area (TPSA) is 103 Å². The Labute approximate surface area is 381 Å². The van der Waals surface area contributed by atoms with Gasteiger partial charge in [-0.2, -0.15) is 0 Å². The van der Waals surface area contributed by atoms with E-state index in [0.717, 1.165) is 84.5 Å². The van der Waals surface area contributed by atoms with Crippen LogP contribution < -0.4 is 21.3 Å². The van der Waals surface area contributed by atoms with Crippen LogP contribution in [0.2, 0.25) is 0 Å². The number of carbonyl (C=O) groups is 3. The normalized spacial score (nSPS) is 11.1. The molecule has 0 fully saturated rings. The van der Waals surface area contributed by atoms with Gasteiger partial charge in [0.15, 0.2) is 0 Å². The fourth-order valence-corrected chi connectivity index (χ4v) is 7.65. The van der Waals surface area contributed by atoms with E-state index in [9.17, 15) is 14.4 Å². The lowest BCUT2D eigenvalue weighted by atomic mass is 10.1. The molecule has 0 saturated carbocycles. The van der Waals surface area contributed by atoms with Gasteiger partial charge in [0.1, 0.15) is 0 Å². The van der Waals surface area contributed by atoms with Gasteiger partial charge in [-0.3, -0.25) is 14.4 Å². The van der Waals surface area contributed by atoms with Gasteiger partial charge in [0.2, 0.25) is 17.7 Å². The first-order chi connectivity index (χ1) is 29.9. The minimum Gasteiger partial charge on any atom is -0.356 e. The fraction of sp³-hybridized carbons (Fsp3) is 0.943. The molecule has 0 bridgehead atoms. The monoisotopic (exact) mass is 864 g/mol. The van der Waals surface area contributed by atoms with E-state index in [1.54, 1.807) is 0 Å². The highest BCUT2D eigenvalue weighted by atomic mass is 16.2. The van der Waals surface area contributed by atoms with Crippen LogP contribution in [-0.2, 0) is 14.4 Å². The average molecular weight is 864 g/mol. The molecule has 8 heteroatoms. The number of amides is 3. The van der Waals surface area contributed by atoms with Crippen LogP contribution in [0.3, 0.4) is 0 Å². The van der Waals surface area contributed by atoms with Crippen molar-refractivity contribution in [3.8, 4) is 0 Å². The van der Waals surface area contributed by atoms with Crippen LogP contribution in [0.5, 0.6) is 0 Å². The maximum Gasteiger partial charge on any atom is 0.221 e.